The smallest absolute Gasteiger partial charge is 0.325 e. The second kappa shape index (κ2) is 6.15. The van der Waals surface area contributed by atoms with Crippen molar-refractivity contribution in [3.8, 4) is 0 Å². The van der Waals surface area contributed by atoms with Crippen LogP contribution in [-0.4, -0.2) is 47.4 Å². The first-order chi connectivity index (χ1) is 8.41. The first kappa shape index (κ1) is 14.2. The Balaban J connectivity index is 2.50. The Hall–Kier alpha value is -1.89. The molecule has 2 N–H and O–H groups in total. The molecule has 2 amide bonds. The van der Waals surface area contributed by atoms with Gasteiger partial charge in [0, 0.05) is 7.05 Å². The molecule has 0 bridgehead atoms. The number of hydrogen-bond donors (Lipinski definition) is 2. The van der Waals surface area contributed by atoms with Crippen molar-refractivity contribution in [2.75, 3.05) is 13.6 Å². The summed E-state index contributed by atoms with van der Waals surface area (Å²) in [5, 5.41) is 12.7. The van der Waals surface area contributed by atoms with Gasteiger partial charge in [0.1, 0.15) is 6.04 Å². The lowest BCUT2D eigenvalue weighted by Gasteiger charge is -2.17. The van der Waals surface area contributed by atoms with Crippen LogP contribution in [0, 0.1) is 0 Å². The summed E-state index contributed by atoms with van der Waals surface area (Å²) in [6.45, 7) is 1.19. The number of rotatable bonds is 5. The number of nitrogens with one attached hydrogen (secondary N) is 1. The summed E-state index contributed by atoms with van der Waals surface area (Å²) in [5.41, 5.74) is 0. The Morgan fingerprint density at radius 1 is 1.50 bits per heavy atom. The monoisotopic (exact) mass is 270 g/mol. The molecule has 6 nitrogen and oxygen atoms in total. The molecule has 0 aromatic carbocycles. The second-order valence-corrected chi connectivity index (χ2v) is 4.71. The second-order valence-electron chi connectivity index (χ2n) is 3.77. The SMILES string of the molecule is C[C@H](NC(=O)CN(C)C(=O)c1cccs1)C(=O)O. The predicted molar refractivity (Wildman–Crippen MR) is 66.5 cm³/mol. The number of likely N-dealkylation sites (N-methyl/N-ethyl adjacent to an activating group) is 1. The molecular formula is C11H14N2O4S. The maximum atomic E-state index is 11.8. The third-order valence-electron chi connectivity index (χ3n) is 2.21. The number of carboxylic acid groups (broad SMARTS) is 1. The van der Waals surface area contributed by atoms with Crippen LogP contribution in [0.4, 0.5) is 0 Å². The standard InChI is InChI=1S/C11H14N2O4S/c1-7(11(16)17)12-9(14)6-13(2)10(15)8-4-3-5-18-8/h3-5,7H,6H2,1-2H3,(H,12,14)(H,16,17)/t7-/m0/s1. The van der Waals surface area contributed by atoms with Crippen molar-refractivity contribution in [3.05, 3.63) is 22.4 Å². The summed E-state index contributed by atoms with van der Waals surface area (Å²) < 4.78 is 0. The normalized spacial score (nSPS) is 11.7. The fourth-order valence-electron chi connectivity index (χ4n) is 1.22. The maximum Gasteiger partial charge on any atom is 0.325 e. The summed E-state index contributed by atoms with van der Waals surface area (Å²) in [7, 11) is 1.49. The van der Waals surface area contributed by atoms with Gasteiger partial charge in [0.25, 0.3) is 5.91 Å². The van der Waals surface area contributed by atoms with Crippen molar-refractivity contribution in [2.24, 2.45) is 0 Å². The molecule has 1 atom stereocenters. The van der Waals surface area contributed by atoms with Gasteiger partial charge in [-0.1, -0.05) is 6.07 Å². The molecule has 1 rings (SSSR count). The van der Waals surface area contributed by atoms with Gasteiger partial charge < -0.3 is 15.3 Å². The lowest BCUT2D eigenvalue weighted by molar-refractivity contribution is -0.141. The number of carbonyl (C=O) groups excluding carboxylic acids is 2. The molecule has 0 fully saturated rings. The van der Waals surface area contributed by atoms with Crippen molar-refractivity contribution in [3.63, 3.8) is 0 Å². The molecule has 1 heterocycles. The van der Waals surface area contributed by atoms with E-state index in [0.29, 0.717) is 4.88 Å². The number of thiophene rings is 1. The van der Waals surface area contributed by atoms with Gasteiger partial charge in [-0.15, -0.1) is 11.3 Å². The van der Waals surface area contributed by atoms with Crippen LogP contribution in [0.1, 0.15) is 16.6 Å². The number of hydrogen-bond acceptors (Lipinski definition) is 4. The molecule has 0 spiro atoms. The molecule has 0 unspecified atom stereocenters. The quantitative estimate of drug-likeness (QED) is 0.811. The van der Waals surface area contributed by atoms with E-state index >= 15 is 0 Å². The van der Waals surface area contributed by atoms with Crippen molar-refractivity contribution >= 4 is 29.1 Å². The van der Waals surface area contributed by atoms with E-state index in [4.69, 9.17) is 5.11 Å². The molecule has 0 aliphatic rings. The van der Waals surface area contributed by atoms with Crippen molar-refractivity contribution in [1.29, 1.82) is 0 Å². The van der Waals surface area contributed by atoms with E-state index in [1.807, 2.05) is 0 Å². The van der Waals surface area contributed by atoms with Crippen LogP contribution < -0.4 is 5.32 Å². The average Bonchev–Trinajstić information content (AvgIpc) is 2.80. The van der Waals surface area contributed by atoms with Gasteiger partial charge in [-0.2, -0.15) is 0 Å². The van der Waals surface area contributed by atoms with Gasteiger partial charge in [-0.05, 0) is 18.4 Å². The van der Waals surface area contributed by atoms with Gasteiger partial charge in [-0.25, -0.2) is 0 Å². The molecule has 0 aliphatic carbocycles. The van der Waals surface area contributed by atoms with E-state index in [9.17, 15) is 14.4 Å². The number of aliphatic carboxylic acids is 1. The Labute approximate surface area is 108 Å². The molecule has 1 aromatic rings. The molecule has 1 aromatic heterocycles. The summed E-state index contributed by atoms with van der Waals surface area (Å²) in [6, 6.07) is 2.45. The van der Waals surface area contributed by atoms with E-state index < -0.39 is 17.9 Å². The molecule has 0 radical (unpaired) electrons. The van der Waals surface area contributed by atoms with Crippen LogP contribution in [0.15, 0.2) is 17.5 Å². The van der Waals surface area contributed by atoms with Crippen LogP contribution in [0.3, 0.4) is 0 Å². The highest BCUT2D eigenvalue weighted by molar-refractivity contribution is 7.12. The predicted octanol–water partition coefficient (Wildman–Crippen LogP) is 0.409. The zero-order valence-electron chi connectivity index (χ0n) is 10.0. The van der Waals surface area contributed by atoms with Crippen LogP contribution in [0.2, 0.25) is 0 Å². The third kappa shape index (κ3) is 3.85. The summed E-state index contributed by atoms with van der Waals surface area (Å²) in [4.78, 5) is 35.6. The highest BCUT2D eigenvalue weighted by Gasteiger charge is 2.18. The molecule has 0 saturated heterocycles. The van der Waals surface area contributed by atoms with E-state index in [-0.39, 0.29) is 12.5 Å². The first-order valence-electron chi connectivity index (χ1n) is 5.23. The van der Waals surface area contributed by atoms with Crippen molar-refractivity contribution < 1.29 is 19.5 Å². The van der Waals surface area contributed by atoms with E-state index in [2.05, 4.69) is 5.32 Å². The number of carbonyl (C=O) groups is 3. The van der Waals surface area contributed by atoms with E-state index in [0.717, 1.165) is 0 Å². The highest BCUT2D eigenvalue weighted by atomic mass is 32.1. The summed E-state index contributed by atoms with van der Waals surface area (Å²) in [6.07, 6.45) is 0. The Bertz CT molecular complexity index is 444. The molecular weight excluding hydrogens is 256 g/mol. The highest BCUT2D eigenvalue weighted by Crippen LogP contribution is 2.10. The third-order valence-corrected chi connectivity index (χ3v) is 3.07. The number of carboxylic acids is 1. The van der Waals surface area contributed by atoms with Crippen LogP contribution in [0.25, 0.3) is 0 Å². The minimum Gasteiger partial charge on any atom is -0.480 e. The first-order valence-corrected chi connectivity index (χ1v) is 6.11. The fraction of sp³-hybridized carbons (Fsp3) is 0.364. The zero-order valence-corrected chi connectivity index (χ0v) is 10.9. The topological polar surface area (TPSA) is 86.7 Å². The lowest BCUT2D eigenvalue weighted by Crippen LogP contribution is -2.44. The van der Waals surface area contributed by atoms with Crippen LogP contribution in [0.5, 0.6) is 0 Å². The molecule has 0 saturated carbocycles. The van der Waals surface area contributed by atoms with E-state index in [1.165, 1.54) is 30.2 Å². The van der Waals surface area contributed by atoms with Gasteiger partial charge in [0.15, 0.2) is 0 Å². The Morgan fingerprint density at radius 2 is 2.17 bits per heavy atom. The van der Waals surface area contributed by atoms with Gasteiger partial charge in [0.05, 0.1) is 11.4 Å². The fourth-order valence-corrected chi connectivity index (χ4v) is 1.94. The van der Waals surface area contributed by atoms with Gasteiger partial charge in [0.2, 0.25) is 5.91 Å². The van der Waals surface area contributed by atoms with Gasteiger partial charge >= 0.3 is 5.97 Å². The van der Waals surface area contributed by atoms with E-state index in [1.54, 1.807) is 17.5 Å². The van der Waals surface area contributed by atoms with Crippen molar-refractivity contribution in [2.45, 2.75) is 13.0 Å². The zero-order chi connectivity index (χ0) is 13.7. The van der Waals surface area contributed by atoms with Crippen LogP contribution >= 0.6 is 11.3 Å². The van der Waals surface area contributed by atoms with Crippen LogP contribution in [-0.2, 0) is 9.59 Å². The minimum absolute atomic E-state index is 0.172. The summed E-state index contributed by atoms with van der Waals surface area (Å²) in [5.74, 6) is -1.88. The Morgan fingerprint density at radius 3 is 2.67 bits per heavy atom. The largest absolute Gasteiger partial charge is 0.480 e. The minimum atomic E-state index is -1.12. The van der Waals surface area contributed by atoms with Crippen molar-refractivity contribution in [1.82, 2.24) is 10.2 Å². The Kier molecular flexibility index (Phi) is 4.85. The molecule has 18 heavy (non-hydrogen) atoms. The average molecular weight is 270 g/mol. The summed E-state index contributed by atoms with van der Waals surface area (Å²) >= 11 is 1.29. The lowest BCUT2D eigenvalue weighted by atomic mass is 10.3. The maximum absolute atomic E-state index is 11.8. The number of nitrogens with zero attached hydrogens (tertiary/aromatic N) is 1. The molecule has 98 valence electrons. The molecule has 0 aliphatic heterocycles. The van der Waals surface area contributed by atoms with Gasteiger partial charge in [-0.3, -0.25) is 14.4 Å². The number of amides is 2. The molecule has 7 heteroatoms.